The lowest BCUT2D eigenvalue weighted by Crippen LogP contribution is -2.31. The van der Waals surface area contributed by atoms with Crippen LogP contribution in [-0.4, -0.2) is 34.9 Å². The van der Waals surface area contributed by atoms with Crippen LogP contribution in [0.15, 0.2) is 67.0 Å². The highest BCUT2D eigenvalue weighted by molar-refractivity contribution is 5.71. The van der Waals surface area contributed by atoms with Crippen molar-refractivity contribution in [1.29, 1.82) is 0 Å². The van der Waals surface area contributed by atoms with E-state index in [1.807, 2.05) is 48.1 Å². The molecular formula is C24H27N3O3. The van der Waals surface area contributed by atoms with Crippen LogP contribution in [-0.2, 0) is 16.1 Å². The summed E-state index contributed by atoms with van der Waals surface area (Å²) < 4.78 is 12.9. The maximum absolute atomic E-state index is 11.9. The number of nitrogens with zero attached hydrogens (tertiary/aromatic N) is 3. The van der Waals surface area contributed by atoms with Crippen LogP contribution >= 0.6 is 0 Å². The van der Waals surface area contributed by atoms with Gasteiger partial charge in [-0.1, -0.05) is 12.1 Å². The summed E-state index contributed by atoms with van der Waals surface area (Å²) in [5.41, 5.74) is 3.25. The highest BCUT2D eigenvalue weighted by Gasteiger charge is 2.27. The van der Waals surface area contributed by atoms with Gasteiger partial charge in [0.25, 0.3) is 0 Å². The second-order valence-corrected chi connectivity index (χ2v) is 7.40. The molecule has 6 nitrogen and oxygen atoms in total. The van der Waals surface area contributed by atoms with Gasteiger partial charge in [0.1, 0.15) is 12.4 Å². The molecular weight excluding hydrogens is 378 g/mol. The Kier molecular flexibility index (Phi) is 6.32. The molecule has 30 heavy (non-hydrogen) atoms. The third kappa shape index (κ3) is 4.82. The topological polar surface area (TPSA) is 56.6 Å². The first-order chi connectivity index (χ1) is 14.7. The summed E-state index contributed by atoms with van der Waals surface area (Å²) in [5, 5.41) is 4.24. The predicted molar refractivity (Wildman–Crippen MR) is 116 cm³/mol. The van der Waals surface area contributed by atoms with Gasteiger partial charge < -0.3 is 14.4 Å². The van der Waals surface area contributed by atoms with E-state index in [9.17, 15) is 4.79 Å². The van der Waals surface area contributed by atoms with E-state index in [-0.39, 0.29) is 12.0 Å². The number of carbonyl (C=O) groups excluding carboxylic acids is 1. The Morgan fingerprint density at radius 2 is 1.87 bits per heavy atom. The molecule has 2 aromatic carbocycles. The van der Waals surface area contributed by atoms with E-state index in [4.69, 9.17) is 9.47 Å². The molecule has 1 saturated heterocycles. The Balaban J connectivity index is 1.33. The van der Waals surface area contributed by atoms with Crippen molar-refractivity contribution in [3.05, 3.63) is 72.6 Å². The molecule has 0 unspecified atom stereocenters. The maximum atomic E-state index is 11.9. The molecule has 0 N–H and O–H groups in total. The van der Waals surface area contributed by atoms with E-state index in [0.29, 0.717) is 19.6 Å². The summed E-state index contributed by atoms with van der Waals surface area (Å²) in [6.07, 6.45) is 6.25. The zero-order valence-electron chi connectivity index (χ0n) is 17.2. The number of esters is 1. The van der Waals surface area contributed by atoms with Gasteiger partial charge in [0.15, 0.2) is 0 Å². The second-order valence-electron chi connectivity index (χ2n) is 7.40. The van der Waals surface area contributed by atoms with Gasteiger partial charge in [-0.2, -0.15) is 5.10 Å². The van der Waals surface area contributed by atoms with E-state index < -0.39 is 0 Å². The van der Waals surface area contributed by atoms with Crippen LogP contribution in [0.5, 0.6) is 5.75 Å². The van der Waals surface area contributed by atoms with E-state index in [0.717, 1.165) is 42.1 Å². The summed E-state index contributed by atoms with van der Waals surface area (Å²) in [6.45, 7) is 3.75. The molecule has 2 heterocycles. The van der Waals surface area contributed by atoms with Crippen LogP contribution in [0.2, 0.25) is 0 Å². The number of benzene rings is 2. The number of carbonyl (C=O) groups is 1. The largest absolute Gasteiger partial charge is 0.489 e. The third-order valence-electron chi connectivity index (χ3n) is 5.36. The minimum absolute atomic E-state index is 0.118. The smallest absolute Gasteiger partial charge is 0.307 e. The van der Waals surface area contributed by atoms with Crippen molar-refractivity contribution in [2.75, 3.05) is 18.1 Å². The van der Waals surface area contributed by atoms with E-state index in [2.05, 4.69) is 34.3 Å². The van der Waals surface area contributed by atoms with Crippen molar-refractivity contribution in [2.45, 2.75) is 38.8 Å². The minimum Gasteiger partial charge on any atom is -0.489 e. The summed E-state index contributed by atoms with van der Waals surface area (Å²) >= 11 is 0. The first-order valence-electron chi connectivity index (χ1n) is 10.5. The molecule has 0 radical (unpaired) electrons. The van der Waals surface area contributed by atoms with Gasteiger partial charge in [0.2, 0.25) is 0 Å². The standard InChI is InChI=1S/C24H27N3O3/c1-2-29-24(28)17-22-5-3-15-26(22)20-10-12-23(13-11-20)30-18-19-6-8-21(9-7-19)27-16-4-14-25-27/h4,6-14,16,22H,2-3,5,15,17-18H2,1H3/t22-/m0/s1. The minimum atomic E-state index is -0.118. The van der Waals surface area contributed by atoms with Crippen molar-refractivity contribution in [3.8, 4) is 11.4 Å². The normalized spacial score (nSPS) is 15.9. The van der Waals surface area contributed by atoms with Gasteiger partial charge in [-0.25, -0.2) is 4.68 Å². The predicted octanol–water partition coefficient (Wildman–Crippen LogP) is 4.37. The van der Waals surface area contributed by atoms with Crippen molar-refractivity contribution in [3.63, 3.8) is 0 Å². The molecule has 0 bridgehead atoms. The van der Waals surface area contributed by atoms with Crippen LogP contribution in [0, 0.1) is 0 Å². The Hall–Kier alpha value is -3.28. The molecule has 0 saturated carbocycles. The monoisotopic (exact) mass is 405 g/mol. The molecule has 156 valence electrons. The lowest BCUT2D eigenvalue weighted by Gasteiger charge is -2.26. The van der Waals surface area contributed by atoms with Gasteiger partial charge in [0, 0.05) is 30.7 Å². The first kappa shape index (κ1) is 20.0. The number of aromatic nitrogens is 2. The molecule has 1 aliphatic heterocycles. The second kappa shape index (κ2) is 9.48. The molecule has 1 aliphatic rings. The van der Waals surface area contributed by atoms with Gasteiger partial charge >= 0.3 is 5.97 Å². The number of hydrogen-bond acceptors (Lipinski definition) is 5. The fourth-order valence-electron chi connectivity index (χ4n) is 3.87. The zero-order valence-corrected chi connectivity index (χ0v) is 17.2. The Labute approximate surface area is 177 Å². The van der Waals surface area contributed by atoms with Gasteiger partial charge in [-0.05, 0) is 67.8 Å². The molecule has 6 heteroatoms. The number of anilines is 1. The van der Waals surface area contributed by atoms with Crippen LogP contribution in [0.3, 0.4) is 0 Å². The number of ether oxygens (including phenoxy) is 2. The highest BCUT2D eigenvalue weighted by atomic mass is 16.5. The van der Waals surface area contributed by atoms with E-state index in [1.165, 1.54) is 0 Å². The van der Waals surface area contributed by atoms with Crippen LogP contribution in [0.1, 0.15) is 31.7 Å². The molecule has 1 fully saturated rings. The average Bonchev–Trinajstić information content (AvgIpc) is 3.46. The lowest BCUT2D eigenvalue weighted by molar-refractivity contribution is -0.143. The summed E-state index contributed by atoms with van der Waals surface area (Å²) in [6, 6.07) is 18.4. The molecule has 4 rings (SSSR count). The third-order valence-corrected chi connectivity index (χ3v) is 5.36. The fraction of sp³-hybridized carbons (Fsp3) is 0.333. The summed E-state index contributed by atoms with van der Waals surface area (Å²) in [7, 11) is 0. The highest BCUT2D eigenvalue weighted by Crippen LogP contribution is 2.29. The Bertz CT molecular complexity index is 937. The van der Waals surface area contributed by atoms with Gasteiger partial charge in [-0.15, -0.1) is 0 Å². The molecule has 1 aromatic heterocycles. The van der Waals surface area contributed by atoms with E-state index >= 15 is 0 Å². The SMILES string of the molecule is CCOC(=O)C[C@@H]1CCCN1c1ccc(OCc2ccc(-n3cccn3)cc2)cc1. The summed E-state index contributed by atoms with van der Waals surface area (Å²) in [4.78, 5) is 14.2. The Morgan fingerprint density at radius 1 is 1.10 bits per heavy atom. The van der Waals surface area contributed by atoms with Crippen molar-refractivity contribution < 1.29 is 14.3 Å². The molecule has 3 aromatic rings. The van der Waals surface area contributed by atoms with Crippen LogP contribution in [0.25, 0.3) is 5.69 Å². The number of rotatable bonds is 8. The number of hydrogen-bond donors (Lipinski definition) is 0. The molecule has 0 amide bonds. The molecule has 1 atom stereocenters. The molecule has 0 aliphatic carbocycles. The van der Waals surface area contributed by atoms with E-state index in [1.54, 1.807) is 6.20 Å². The van der Waals surface area contributed by atoms with Crippen molar-refractivity contribution in [1.82, 2.24) is 9.78 Å². The zero-order chi connectivity index (χ0) is 20.8. The summed E-state index contributed by atoms with van der Waals surface area (Å²) in [5.74, 6) is 0.712. The van der Waals surface area contributed by atoms with Gasteiger partial charge in [-0.3, -0.25) is 4.79 Å². The quantitative estimate of drug-likeness (QED) is 0.521. The average molecular weight is 405 g/mol. The van der Waals surface area contributed by atoms with Crippen molar-refractivity contribution >= 4 is 11.7 Å². The van der Waals surface area contributed by atoms with Crippen LogP contribution in [0.4, 0.5) is 5.69 Å². The lowest BCUT2D eigenvalue weighted by atomic mass is 10.1. The Morgan fingerprint density at radius 3 is 2.57 bits per heavy atom. The van der Waals surface area contributed by atoms with Crippen LogP contribution < -0.4 is 9.64 Å². The van der Waals surface area contributed by atoms with Gasteiger partial charge in [0.05, 0.1) is 18.7 Å². The fourth-order valence-corrected chi connectivity index (χ4v) is 3.87. The van der Waals surface area contributed by atoms with Crippen molar-refractivity contribution in [2.24, 2.45) is 0 Å². The maximum Gasteiger partial charge on any atom is 0.307 e. The first-order valence-corrected chi connectivity index (χ1v) is 10.5. The molecule has 0 spiro atoms.